The molecule has 1 unspecified atom stereocenters. The number of carbonyl (C=O) groups is 2. The van der Waals surface area contributed by atoms with Crippen LogP contribution in [0.15, 0.2) is 77.7 Å². The highest BCUT2D eigenvalue weighted by molar-refractivity contribution is 8.26. The lowest BCUT2D eigenvalue weighted by atomic mass is 10.1. The number of carboxylic acid groups (broad SMARTS) is 1. The van der Waals surface area contributed by atoms with E-state index in [1.807, 2.05) is 0 Å². The summed E-state index contributed by atoms with van der Waals surface area (Å²) in [4.78, 5) is 26.5. The number of carboxylic acids is 1. The van der Waals surface area contributed by atoms with Crippen LogP contribution in [0.1, 0.15) is 22.7 Å². The van der Waals surface area contributed by atoms with Crippen molar-refractivity contribution in [3.63, 3.8) is 0 Å². The Morgan fingerprint density at radius 1 is 1.09 bits per heavy atom. The Morgan fingerprint density at radius 3 is 2.44 bits per heavy atom. The van der Waals surface area contributed by atoms with E-state index < -0.39 is 17.9 Å². The zero-order valence-corrected chi connectivity index (χ0v) is 20.6. The fourth-order valence-corrected chi connectivity index (χ4v) is 5.13. The van der Waals surface area contributed by atoms with E-state index in [4.69, 9.17) is 40.2 Å². The molecular weight excluding hydrogens is 513 g/mol. The van der Waals surface area contributed by atoms with E-state index in [1.54, 1.807) is 78.9 Å². The fraction of sp³-hybridized carbons (Fsp3) is 0.0800. The molecule has 0 spiro atoms. The maximum atomic E-state index is 13.1. The highest BCUT2D eigenvalue weighted by atomic mass is 35.5. The van der Waals surface area contributed by atoms with Crippen LogP contribution in [0.25, 0.3) is 6.08 Å². The van der Waals surface area contributed by atoms with Crippen LogP contribution < -0.4 is 4.74 Å². The van der Waals surface area contributed by atoms with E-state index in [9.17, 15) is 14.7 Å². The van der Waals surface area contributed by atoms with Gasteiger partial charge < -0.3 is 9.84 Å². The number of benzene rings is 3. The number of hydrogen-bond donors (Lipinski definition) is 1. The van der Waals surface area contributed by atoms with E-state index in [0.29, 0.717) is 26.3 Å². The average Bonchev–Trinajstić information content (AvgIpc) is 3.08. The van der Waals surface area contributed by atoms with E-state index in [-0.39, 0.29) is 10.9 Å². The summed E-state index contributed by atoms with van der Waals surface area (Å²) in [5.41, 5.74) is 2.05. The molecule has 1 N–H and O–H groups in total. The molecule has 0 bridgehead atoms. The van der Waals surface area contributed by atoms with Crippen molar-refractivity contribution in [1.29, 1.82) is 0 Å². The van der Waals surface area contributed by atoms with Gasteiger partial charge in [0.15, 0.2) is 6.04 Å². The summed E-state index contributed by atoms with van der Waals surface area (Å²) in [6, 6.07) is 19.8. The number of rotatable bonds is 7. The van der Waals surface area contributed by atoms with E-state index in [1.165, 1.54) is 0 Å². The van der Waals surface area contributed by atoms with Gasteiger partial charge in [-0.1, -0.05) is 95.7 Å². The second-order valence-corrected chi connectivity index (χ2v) is 9.82. The molecule has 4 rings (SSSR count). The summed E-state index contributed by atoms with van der Waals surface area (Å²) in [6.45, 7) is 0.282. The van der Waals surface area contributed by atoms with Crippen LogP contribution in [0.2, 0.25) is 10.0 Å². The Bertz CT molecular complexity index is 1280. The minimum Gasteiger partial charge on any atom is -0.489 e. The Labute approximate surface area is 215 Å². The van der Waals surface area contributed by atoms with Crippen molar-refractivity contribution in [3.8, 4) is 5.75 Å². The molecule has 0 aliphatic carbocycles. The zero-order chi connectivity index (χ0) is 24.2. The lowest BCUT2D eigenvalue weighted by Crippen LogP contribution is -2.37. The van der Waals surface area contributed by atoms with Crippen LogP contribution in [0, 0.1) is 0 Å². The van der Waals surface area contributed by atoms with Crippen molar-refractivity contribution in [2.45, 2.75) is 12.6 Å². The molecule has 34 heavy (non-hydrogen) atoms. The number of amides is 1. The first-order valence-electron chi connectivity index (χ1n) is 10.0. The molecule has 1 fully saturated rings. The first-order chi connectivity index (χ1) is 16.3. The van der Waals surface area contributed by atoms with Crippen LogP contribution >= 0.6 is 47.2 Å². The number of thiocarbonyl (C=S) groups is 1. The standard InChI is InChI=1S/C25H17Cl2NO4S2/c26-18-9-8-17(20(27)13-18)14-32-19-10-6-15(7-11-19)12-21-23(29)28(25(33)34-21)22(24(30)31)16-4-2-1-3-5-16/h1-13,22H,14H2,(H,30,31)/b21-12-. The van der Waals surface area contributed by atoms with Crippen molar-refractivity contribution in [3.05, 3.63) is 104 Å². The van der Waals surface area contributed by atoms with Crippen molar-refractivity contribution in [1.82, 2.24) is 4.90 Å². The van der Waals surface area contributed by atoms with E-state index in [2.05, 4.69) is 0 Å². The molecule has 1 atom stereocenters. The number of ether oxygens (including phenoxy) is 1. The van der Waals surface area contributed by atoms with Crippen LogP contribution in [0.4, 0.5) is 0 Å². The molecule has 1 saturated heterocycles. The molecule has 1 heterocycles. The molecule has 0 aromatic heterocycles. The van der Waals surface area contributed by atoms with Gasteiger partial charge in [0.1, 0.15) is 16.7 Å². The monoisotopic (exact) mass is 529 g/mol. The second-order valence-electron chi connectivity index (χ2n) is 7.30. The van der Waals surface area contributed by atoms with Gasteiger partial charge in [-0.2, -0.15) is 0 Å². The van der Waals surface area contributed by atoms with Gasteiger partial charge >= 0.3 is 5.97 Å². The maximum Gasteiger partial charge on any atom is 0.331 e. The highest BCUT2D eigenvalue weighted by Crippen LogP contribution is 2.38. The van der Waals surface area contributed by atoms with Gasteiger partial charge in [-0.05, 0) is 41.5 Å². The molecule has 5 nitrogen and oxygen atoms in total. The normalized spacial score (nSPS) is 15.6. The van der Waals surface area contributed by atoms with Gasteiger partial charge in [-0.15, -0.1) is 0 Å². The Morgan fingerprint density at radius 2 is 1.79 bits per heavy atom. The number of aliphatic carboxylic acids is 1. The van der Waals surface area contributed by atoms with Crippen LogP contribution in [-0.2, 0) is 16.2 Å². The molecule has 3 aromatic carbocycles. The summed E-state index contributed by atoms with van der Waals surface area (Å²) < 4.78 is 5.99. The van der Waals surface area contributed by atoms with Crippen LogP contribution in [-0.4, -0.2) is 26.2 Å². The van der Waals surface area contributed by atoms with Crippen molar-refractivity contribution >= 4 is 69.5 Å². The van der Waals surface area contributed by atoms with Gasteiger partial charge in [0, 0.05) is 15.6 Å². The molecule has 1 aliphatic heterocycles. The Hall–Kier alpha value is -2.84. The highest BCUT2D eigenvalue weighted by Gasteiger charge is 2.41. The Kier molecular flexibility index (Phi) is 7.58. The smallest absolute Gasteiger partial charge is 0.331 e. The minimum absolute atomic E-state index is 0.201. The number of thioether (sulfide) groups is 1. The SMILES string of the molecule is O=C(O)C(c1ccccc1)N1C(=O)/C(=C/c2ccc(OCc3ccc(Cl)cc3Cl)cc2)SC1=S. The largest absolute Gasteiger partial charge is 0.489 e. The summed E-state index contributed by atoms with van der Waals surface area (Å²) in [6.07, 6.45) is 1.68. The van der Waals surface area contributed by atoms with Crippen molar-refractivity contribution in [2.75, 3.05) is 0 Å². The zero-order valence-electron chi connectivity index (χ0n) is 17.5. The molecule has 0 radical (unpaired) electrons. The third kappa shape index (κ3) is 5.45. The minimum atomic E-state index is -1.19. The van der Waals surface area contributed by atoms with Crippen molar-refractivity contribution < 1.29 is 19.4 Å². The van der Waals surface area contributed by atoms with Gasteiger partial charge in [-0.25, -0.2) is 4.79 Å². The maximum absolute atomic E-state index is 13.1. The predicted octanol–water partition coefficient (Wildman–Crippen LogP) is 6.60. The van der Waals surface area contributed by atoms with E-state index in [0.717, 1.165) is 27.8 Å². The third-order valence-corrected chi connectivity index (χ3v) is 6.94. The number of carbonyl (C=O) groups excluding carboxylic acids is 1. The summed E-state index contributed by atoms with van der Waals surface area (Å²) >= 11 is 18.5. The van der Waals surface area contributed by atoms with Gasteiger partial charge in [-0.3, -0.25) is 9.69 Å². The first kappa shape index (κ1) is 24.3. The van der Waals surface area contributed by atoms with Crippen LogP contribution in [0.5, 0.6) is 5.75 Å². The lowest BCUT2D eigenvalue weighted by molar-refractivity contribution is -0.145. The molecule has 3 aromatic rings. The Balaban J connectivity index is 1.48. The molecule has 1 aliphatic rings. The van der Waals surface area contributed by atoms with Gasteiger partial charge in [0.25, 0.3) is 5.91 Å². The fourth-order valence-electron chi connectivity index (χ4n) is 3.35. The number of hydrogen-bond acceptors (Lipinski definition) is 5. The quantitative estimate of drug-likeness (QED) is 0.274. The molecule has 1 amide bonds. The summed E-state index contributed by atoms with van der Waals surface area (Å²) in [7, 11) is 0. The summed E-state index contributed by atoms with van der Waals surface area (Å²) in [5.74, 6) is -0.958. The van der Waals surface area contributed by atoms with Gasteiger partial charge in [0.2, 0.25) is 0 Å². The van der Waals surface area contributed by atoms with E-state index >= 15 is 0 Å². The lowest BCUT2D eigenvalue weighted by Gasteiger charge is -2.23. The molecule has 0 saturated carbocycles. The topological polar surface area (TPSA) is 66.8 Å². The predicted molar refractivity (Wildman–Crippen MR) is 139 cm³/mol. The number of halogens is 2. The summed E-state index contributed by atoms with van der Waals surface area (Å²) in [5, 5.41) is 10.9. The molecule has 9 heteroatoms. The molecular formula is C25H17Cl2NO4S2. The first-order valence-corrected chi connectivity index (χ1v) is 12.0. The average molecular weight is 530 g/mol. The van der Waals surface area contributed by atoms with Crippen molar-refractivity contribution in [2.24, 2.45) is 0 Å². The molecule has 172 valence electrons. The van der Waals surface area contributed by atoms with Crippen LogP contribution in [0.3, 0.4) is 0 Å². The third-order valence-electron chi connectivity index (χ3n) is 5.02. The second kappa shape index (κ2) is 10.6. The number of nitrogens with zero attached hydrogens (tertiary/aromatic N) is 1. The van der Waals surface area contributed by atoms with Gasteiger partial charge in [0.05, 0.1) is 4.91 Å².